The summed E-state index contributed by atoms with van der Waals surface area (Å²) in [6.07, 6.45) is 1.98. The average molecular weight is 272 g/mol. The number of aryl methyl sites for hydroxylation is 1. The topological polar surface area (TPSA) is 24.9 Å². The summed E-state index contributed by atoms with van der Waals surface area (Å²) >= 11 is 1.88. The van der Waals surface area contributed by atoms with Crippen LogP contribution in [-0.2, 0) is 0 Å². The van der Waals surface area contributed by atoms with Crippen molar-refractivity contribution in [3.8, 4) is 0 Å². The van der Waals surface area contributed by atoms with E-state index in [4.69, 9.17) is 0 Å². The molecule has 1 heterocycles. The van der Waals surface area contributed by atoms with E-state index in [9.17, 15) is 0 Å². The molecule has 1 N–H and O–H groups in total. The molecule has 0 saturated heterocycles. The summed E-state index contributed by atoms with van der Waals surface area (Å²) in [6.45, 7) is 5.13. The minimum absolute atomic E-state index is 0.350. The molecular formula is C16H20N2S. The van der Waals surface area contributed by atoms with Gasteiger partial charge in [-0.05, 0) is 37.2 Å². The molecule has 0 aliphatic heterocycles. The van der Waals surface area contributed by atoms with E-state index in [1.54, 1.807) is 0 Å². The number of nitrogens with zero attached hydrogens (tertiary/aromatic N) is 1. The van der Waals surface area contributed by atoms with Crippen molar-refractivity contribution in [2.75, 3.05) is 12.3 Å². The van der Waals surface area contributed by atoms with Crippen LogP contribution in [0.4, 0.5) is 0 Å². The van der Waals surface area contributed by atoms with Crippen molar-refractivity contribution in [1.82, 2.24) is 10.3 Å². The normalized spacial score (nSPS) is 12.3. The Bertz CT molecular complexity index is 482. The molecule has 0 bridgehead atoms. The van der Waals surface area contributed by atoms with Crippen LogP contribution in [0.3, 0.4) is 0 Å². The predicted molar refractivity (Wildman–Crippen MR) is 82.6 cm³/mol. The molecule has 0 fully saturated rings. The molecule has 0 saturated carbocycles. The van der Waals surface area contributed by atoms with Gasteiger partial charge < -0.3 is 5.32 Å². The largest absolute Gasteiger partial charge is 0.309 e. The van der Waals surface area contributed by atoms with Gasteiger partial charge in [0, 0.05) is 28.6 Å². The maximum absolute atomic E-state index is 4.39. The Morgan fingerprint density at radius 3 is 2.58 bits per heavy atom. The van der Waals surface area contributed by atoms with Crippen LogP contribution in [0.15, 0.2) is 53.6 Å². The second kappa shape index (κ2) is 7.31. The van der Waals surface area contributed by atoms with Crippen molar-refractivity contribution in [2.45, 2.75) is 24.8 Å². The van der Waals surface area contributed by atoms with Crippen LogP contribution in [0.5, 0.6) is 0 Å². The highest BCUT2D eigenvalue weighted by molar-refractivity contribution is 7.99. The number of hydrogen-bond acceptors (Lipinski definition) is 3. The maximum Gasteiger partial charge on any atom is 0.0430 e. The summed E-state index contributed by atoms with van der Waals surface area (Å²) in [7, 11) is 0. The van der Waals surface area contributed by atoms with E-state index in [1.807, 2.05) is 24.9 Å². The van der Waals surface area contributed by atoms with Crippen LogP contribution in [-0.4, -0.2) is 17.3 Å². The first-order chi connectivity index (χ1) is 9.29. The van der Waals surface area contributed by atoms with Gasteiger partial charge in [-0.15, -0.1) is 11.8 Å². The first kappa shape index (κ1) is 14.1. The van der Waals surface area contributed by atoms with Gasteiger partial charge in [0.25, 0.3) is 0 Å². The van der Waals surface area contributed by atoms with E-state index in [2.05, 4.69) is 59.7 Å². The lowest BCUT2D eigenvalue weighted by atomic mass is 10.1. The van der Waals surface area contributed by atoms with Crippen molar-refractivity contribution < 1.29 is 0 Å². The Labute approximate surface area is 119 Å². The molecule has 2 nitrogen and oxygen atoms in total. The third-order valence-electron chi connectivity index (χ3n) is 2.95. The molecular weight excluding hydrogens is 252 g/mol. The lowest BCUT2D eigenvalue weighted by Crippen LogP contribution is -2.23. The zero-order chi connectivity index (χ0) is 13.5. The predicted octanol–water partition coefficient (Wildman–Crippen LogP) is 3.83. The Hall–Kier alpha value is -1.32. The Kier molecular flexibility index (Phi) is 5.43. The Morgan fingerprint density at radius 1 is 1.16 bits per heavy atom. The zero-order valence-electron chi connectivity index (χ0n) is 11.5. The van der Waals surface area contributed by atoms with Gasteiger partial charge in [0.05, 0.1) is 0 Å². The minimum Gasteiger partial charge on any atom is -0.309 e. The van der Waals surface area contributed by atoms with E-state index in [1.165, 1.54) is 10.5 Å². The minimum atomic E-state index is 0.350. The molecule has 1 aromatic heterocycles. The fourth-order valence-electron chi connectivity index (χ4n) is 1.90. The fraction of sp³-hybridized carbons (Fsp3) is 0.312. The standard InChI is InChI=1S/C16H20N2S/c1-3-17-16(14-10-9-13(2)18-11-14)12-19-15-7-5-4-6-8-15/h4-11,16-17H,3,12H2,1-2H3. The van der Waals surface area contributed by atoms with E-state index < -0.39 is 0 Å². The van der Waals surface area contributed by atoms with Gasteiger partial charge in [-0.25, -0.2) is 0 Å². The first-order valence-corrected chi connectivity index (χ1v) is 7.62. The lowest BCUT2D eigenvalue weighted by molar-refractivity contribution is 0.603. The number of aromatic nitrogens is 1. The van der Waals surface area contributed by atoms with Gasteiger partial charge in [-0.1, -0.05) is 31.2 Å². The van der Waals surface area contributed by atoms with Crippen molar-refractivity contribution in [1.29, 1.82) is 0 Å². The van der Waals surface area contributed by atoms with Gasteiger partial charge in [0.2, 0.25) is 0 Å². The van der Waals surface area contributed by atoms with Crippen LogP contribution in [0.25, 0.3) is 0 Å². The number of rotatable bonds is 6. The third-order valence-corrected chi connectivity index (χ3v) is 4.05. The number of pyridine rings is 1. The summed E-state index contributed by atoms with van der Waals surface area (Å²) in [5.74, 6) is 1.02. The third kappa shape index (κ3) is 4.37. The molecule has 1 aromatic carbocycles. The maximum atomic E-state index is 4.39. The molecule has 0 spiro atoms. The second-order valence-corrected chi connectivity index (χ2v) is 5.56. The number of nitrogens with one attached hydrogen (secondary N) is 1. The summed E-state index contributed by atoms with van der Waals surface area (Å²) in [5.41, 5.74) is 2.32. The molecule has 3 heteroatoms. The van der Waals surface area contributed by atoms with Crippen LogP contribution >= 0.6 is 11.8 Å². The molecule has 2 aromatic rings. The smallest absolute Gasteiger partial charge is 0.0430 e. The molecule has 19 heavy (non-hydrogen) atoms. The van der Waals surface area contributed by atoms with Crippen LogP contribution in [0, 0.1) is 6.92 Å². The van der Waals surface area contributed by atoms with Gasteiger partial charge in [-0.3, -0.25) is 4.98 Å². The van der Waals surface area contributed by atoms with Gasteiger partial charge in [0.1, 0.15) is 0 Å². The zero-order valence-corrected chi connectivity index (χ0v) is 12.3. The van der Waals surface area contributed by atoms with Crippen molar-refractivity contribution in [3.63, 3.8) is 0 Å². The number of hydrogen-bond donors (Lipinski definition) is 1. The summed E-state index contributed by atoms with van der Waals surface area (Å²) in [5, 5.41) is 3.53. The first-order valence-electron chi connectivity index (χ1n) is 6.63. The Balaban J connectivity index is 2.02. The van der Waals surface area contributed by atoms with E-state index in [-0.39, 0.29) is 0 Å². The fourth-order valence-corrected chi connectivity index (χ4v) is 2.92. The molecule has 100 valence electrons. The lowest BCUT2D eigenvalue weighted by Gasteiger charge is -2.17. The molecule has 2 rings (SSSR count). The molecule has 0 amide bonds. The monoisotopic (exact) mass is 272 g/mol. The average Bonchev–Trinajstić information content (AvgIpc) is 2.46. The van der Waals surface area contributed by atoms with Gasteiger partial charge >= 0.3 is 0 Å². The van der Waals surface area contributed by atoms with Crippen LogP contribution < -0.4 is 5.32 Å². The highest BCUT2D eigenvalue weighted by Gasteiger charge is 2.10. The number of thioether (sulfide) groups is 1. The van der Waals surface area contributed by atoms with E-state index >= 15 is 0 Å². The van der Waals surface area contributed by atoms with Gasteiger partial charge in [-0.2, -0.15) is 0 Å². The molecule has 1 unspecified atom stereocenters. The summed E-state index contributed by atoms with van der Waals surface area (Å²) in [4.78, 5) is 5.70. The van der Waals surface area contributed by atoms with Crippen molar-refractivity contribution in [3.05, 3.63) is 59.9 Å². The SMILES string of the molecule is CCNC(CSc1ccccc1)c1ccc(C)nc1. The summed E-state index contributed by atoms with van der Waals surface area (Å²) < 4.78 is 0. The highest BCUT2D eigenvalue weighted by atomic mass is 32.2. The van der Waals surface area contributed by atoms with Crippen molar-refractivity contribution >= 4 is 11.8 Å². The second-order valence-electron chi connectivity index (χ2n) is 4.47. The summed E-state index contributed by atoms with van der Waals surface area (Å²) in [6, 6.07) is 15.1. The molecule has 0 aliphatic rings. The molecule has 0 radical (unpaired) electrons. The van der Waals surface area contributed by atoms with Gasteiger partial charge in [0.15, 0.2) is 0 Å². The Morgan fingerprint density at radius 2 is 1.95 bits per heavy atom. The molecule has 0 aliphatic carbocycles. The van der Waals surface area contributed by atoms with E-state index in [0.29, 0.717) is 6.04 Å². The quantitative estimate of drug-likeness (QED) is 0.809. The van der Waals surface area contributed by atoms with Crippen LogP contribution in [0.2, 0.25) is 0 Å². The highest BCUT2D eigenvalue weighted by Crippen LogP contribution is 2.24. The van der Waals surface area contributed by atoms with Crippen molar-refractivity contribution in [2.24, 2.45) is 0 Å². The number of benzene rings is 1. The van der Waals surface area contributed by atoms with E-state index in [0.717, 1.165) is 18.0 Å². The van der Waals surface area contributed by atoms with Crippen LogP contribution in [0.1, 0.15) is 24.2 Å². The molecule has 1 atom stereocenters.